The minimum absolute atomic E-state index is 1.15. The van der Waals surface area contributed by atoms with Crippen molar-refractivity contribution in [2.75, 3.05) is 19.6 Å². The molecule has 1 aromatic carbocycles. The molecule has 2 rings (SSSR count). The van der Waals surface area contributed by atoms with Gasteiger partial charge in [0.2, 0.25) is 4.34 Å². The van der Waals surface area contributed by atoms with Crippen LogP contribution in [0.2, 0.25) is 0 Å². The van der Waals surface area contributed by atoms with Crippen molar-refractivity contribution in [1.82, 2.24) is 4.98 Å². The second kappa shape index (κ2) is 9.65. The zero-order chi connectivity index (χ0) is 16.5. The van der Waals surface area contributed by atoms with Crippen LogP contribution in [0.25, 0.3) is 10.2 Å². The van der Waals surface area contributed by atoms with Crippen LogP contribution in [0.1, 0.15) is 59.3 Å². The van der Waals surface area contributed by atoms with Gasteiger partial charge in [-0.15, -0.1) is 11.3 Å². The Morgan fingerprint density at radius 3 is 2.00 bits per heavy atom. The third-order valence-corrected chi connectivity index (χ3v) is 6.79. The van der Waals surface area contributed by atoms with Crippen LogP contribution >= 0.6 is 23.3 Å². The molecule has 0 amide bonds. The van der Waals surface area contributed by atoms with E-state index >= 15 is 0 Å². The minimum atomic E-state index is 1.15. The van der Waals surface area contributed by atoms with E-state index in [1.165, 1.54) is 67.2 Å². The molecule has 1 aromatic heterocycles. The lowest BCUT2D eigenvalue weighted by molar-refractivity contribution is -0.796. The fourth-order valence-electron chi connectivity index (χ4n) is 2.87. The molecule has 128 valence electrons. The Kier molecular flexibility index (Phi) is 7.87. The van der Waals surface area contributed by atoms with E-state index in [1.807, 2.05) is 23.3 Å². The van der Waals surface area contributed by atoms with Crippen LogP contribution in [0.5, 0.6) is 0 Å². The zero-order valence-electron chi connectivity index (χ0n) is 14.9. The van der Waals surface area contributed by atoms with Crippen LogP contribution in [0.4, 0.5) is 0 Å². The summed E-state index contributed by atoms with van der Waals surface area (Å²) in [6, 6.07) is 8.52. The normalized spacial score (nSPS) is 12.1. The van der Waals surface area contributed by atoms with E-state index < -0.39 is 0 Å². The summed E-state index contributed by atoms with van der Waals surface area (Å²) in [5.41, 5.74) is 1.15. The first-order valence-electron chi connectivity index (χ1n) is 9.14. The van der Waals surface area contributed by atoms with Crippen molar-refractivity contribution < 1.29 is 3.89 Å². The number of thiazole rings is 1. The molecule has 0 fully saturated rings. The fraction of sp³-hybridized carbons (Fsp3) is 0.632. The van der Waals surface area contributed by atoms with E-state index in [1.54, 1.807) is 0 Å². The van der Waals surface area contributed by atoms with Gasteiger partial charge in [-0.2, -0.15) is 0 Å². The highest BCUT2D eigenvalue weighted by Crippen LogP contribution is 2.37. The van der Waals surface area contributed by atoms with E-state index in [4.69, 9.17) is 4.98 Å². The number of benzene rings is 1. The highest BCUT2D eigenvalue weighted by atomic mass is 32.2. The van der Waals surface area contributed by atoms with Gasteiger partial charge in [0, 0.05) is 0 Å². The SMILES string of the molecule is CCCC[N+](CCCC)(CCCC)Sc1nc2ccccc2s1. The second-order valence-corrected chi connectivity index (χ2v) is 8.96. The molecule has 0 saturated carbocycles. The standard InChI is InChI=1S/C19H31N2S2/c1-4-7-14-21(15-8-5-2,16-9-6-3)23-19-20-17-12-10-11-13-18(17)22-19/h10-13H,4-9,14-16H2,1-3H3/q+1. The first-order valence-corrected chi connectivity index (χ1v) is 10.7. The largest absolute Gasteiger partial charge is 0.255 e. The number of hydrogen-bond acceptors (Lipinski definition) is 3. The average Bonchev–Trinajstić information content (AvgIpc) is 2.98. The van der Waals surface area contributed by atoms with E-state index in [-0.39, 0.29) is 0 Å². The number of hydrogen-bond donors (Lipinski definition) is 0. The molecule has 0 radical (unpaired) electrons. The van der Waals surface area contributed by atoms with Gasteiger partial charge in [0.1, 0.15) is 11.9 Å². The van der Waals surface area contributed by atoms with Crippen molar-refractivity contribution in [2.45, 2.75) is 63.6 Å². The van der Waals surface area contributed by atoms with Crippen LogP contribution in [-0.2, 0) is 0 Å². The average molecular weight is 352 g/mol. The Balaban J connectivity index is 2.21. The molecule has 0 unspecified atom stereocenters. The maximum atomic E-state index is 4.89. The lowest BCUT2D eigenvalue weighted by Crippen LogP contribution is -2.43. The van der Waals surface area contributed by atoms with Gasteiger partial charge >= 0.3 is 0 Å². The number of rotatable bonds is 11. The van der Waals surface area contributed by atoms with Crippen molar-refractivity contribution >= 4 is 33.5 Å². The Labute approximate surface area is 150 Å². The van der Waals surface area contributed by atoms with Gasteiger partial charge in [0.25, 0.3) is 0 Å². The summed E-state index contributed by atoms with van der Waals surface area (Å²) in [5.74, 6) is 0. The van der Waals surface area contributed by atoms with E-state index in [0.29, 0.717) is 0 Å². The molecule has 23 heavy (non-hydrogen) atoms. The van der Waals surface area contributed by atoms with Crippen molar-refractivity contribution in [3.63, 3.8) is 0 Å². The summed E-state index contributed by atoms with van der Waals surface area (Å²) in [4.78, 5) is 4.89. The molecule has 2 aromatic rings. The van der Waals surface area contributed by atoms with Crippen LogP contribution in [0.3, 0.4) is 0 Å². The molecular weight excluding hydrogens is 320 g/mol. The third kappa shape index (κ3) is 5.47. The van der Waals surface area contributed by atoms with Gasteiger partial charge in [0.05, 0.1) is 29.9 Å². The summed E-state index contributed by atoms with van der Waals surface area (Å²) in [5, 5.41) is 0. The minimum Gasteiger partial charge on any atom is -0.255 e. The van der Waals surface area contributed by atoms with Gasteiger partial charge in [-0.1, -0.05) is 52.2 Å². The molecule has 0 spiro atoms. The Bertz CT molecular complexity index is 525. The predicted molar refractivity (Wildman–Crippen MR) is 105 cm³/mol. The molecule has 2 nitrogen and oxygen atoms in total. The molecule has 0 saturated heterocycles. The van der Waals surface area contributed by atoms with Gasteiger partial charge < -0.3 is 0 Å². The Morgan fingerprint density at radius 2 is 1.48 bits per heavy atom. The lowest BCUT2D eigenvalue weighted by atomic mass is 10.2. The topological polar surface area (TPSA) is 12.9 Å². The maximum absolute atomic E-state index is 4.89. The smallest absolute Gasteiger partial charge is 0.210 e. The van der Waals surface area contributed by atoms with Gasteiger partial charge in [-0.25, -0.2) is 4.98 Å². The van der Waals surface area contributed by atoms with E-state index in [0.717, 1.165) is 9.41 Å². The highest BCUT2D eigenvalue weighted by Gasteiger charge is 2.30. The number of para-hydroxylation sites is 1. The quantitative estimate of drug-likeness (QED) is 0.337. The van der Waals surface area contributed by atoms with Crippen molar-refractivity contribution in [1.29, 1.82) is 0 Å². The summed E-state index contributed by atoms with van der Waals surface area (Å²) >= 11 is 3.89. The number of unbranched alkanes of at least 4 members (excludes halogenated alkanes) is 3. The van der Waals surface area contributed by atoms with Crippen molar-refractivity contribution in [3.05, 3.63) is 24.3 Å². The van der Waals surface area contributed by atoms with E-state index in [9.17, 15) is 0 Å². The zero-order valence-corrected chi connectivity index (χ0v) is 16.5. The summed E-state index contributed by atoms with van der Waals surface area (Å²) in [6.45, 7) is 10.7. The van der Waals surface area contributed by atoms with Crippen LogP contribution in [0.15, 0.2) is 28.6 Å². The molecule has 0 N–H and O–H groups in total. The second-order valence-electron chi connectivity index (χ2n) is 6.33. The fourth-order valence-corrected chi connectivity index (χ4v) is 5.59. The number of quaternary nitrogens is 1. The van der Waals surface area contributed by atoms with Gasteiger partial charge in [-0.3, -0.25) is 3.89 Å². The summed E-state index contributed by atoms with van der Waals surface area (Å²) < 4.78 is 3.72. The molecule has 1 heterocycles. The highest BCUT2D eigenvalue weighted by molar-refractivity contribution is 7.95. The predicted octanol–water partition coefficient (Wildman–Crippen LogP) is 6.52. The molecule has 0 aliphatic heterocycles. The van der Waals surface area contributed by atoms with Crippen LogP contribution < -0.4 is 0 Å². The molecule has 0 atom stereocenters. The monoisotopic (exact) mass is 351 g/mol. The molecular formula is C19H31N2S2+. The number of nitrogens with zero attached hydrogens (tertiary/aromatic N) is 2. The van der Waals surface area contributed by atoms with Crippen molar-refractivity contribution in [2.24, 2.45) is 0 Å². The first kappa shape index (κ1) is 18.8. The Morgan fingerprint density at radius 1 is 0.913 bits per heavy atom. The summed E-state index contributed by atoms with van der Waals surface area (Å²) in [7, 11) is 0. The molecule has 0 aliphatic rings. The van der Waals surface area contributed by atoms with Gasteiger partial charge in [0.15, 0.2) is 0 Å². The Hall–Kier alpha value is -0.580. The van der Waals surface area contributed by atoms with Crippen molar-refractivity contribution in [3.8, 4) is 0 Å². The lowest BCUT2D eigenvalue weighted by Gasteiger charge is -2.35. The number of aromatic nitrogens is 1. The maximum Gasteiger partial charge on any atom is 0.210 e. The first-order chi connectivity index (χ1) is 11.2. The molecule has 4 heteroatoms. The molecule has 0 aliphatic carbocycles. The van der Waals surface area contributed by atoms with Gasteiger partial charge in [-0.05, 0) is 31.4 Å². The summed E-state index contributed by atoms with van der Waals surface area (Å²) in [6.07, 6.45) is 7.76. The number of fused-ring (bicyclic) bond motifs is 1. The van der Waals surface area contributed by atoms with Crippen LogP contribution in [0, 0.1) is 0 Å². The molecule has 0 bridgehead atoms. The third-order valence-electron chi connectivity index (χ3n) is 4.30. The van der Waals surface area contributed by atoms with E-state index in [2.05, 4.69) is 45.0 Å². The van der Waals surface area contributed by atoms with Crippen LogP contribution in [-0.4, -0.2) is 28.5 Å².